The predicted molar refractivity (Wildman–Crippen MR) is 103 cm³/mol. The molecule has 1 aromatic carbocycles. The maximum atomic E-state index is 12.1. The Morgan fingerprint density at radius 3 is 2.56 bits per heavy atom. The maximum absolute atomic E-state index is 12.1. The quantitative estimate of drug-likeness (QED) is 0.670. The minimum absolute atomic E-state index is 0.189. The van der Waals surface area contributed by atoms with E-state index in [0.29, 0.717) is 0 Å². The Morgan fingerprint density at radius 2 is 2.00 bits per heavy atom. The Balaban J connectivity index is 1.61. The molecular formula is C20H26BrNO3. The van der Waals surface area contributed by atoms with Crippen molar-refractivity contribution >= 4 is 27.6 Å². The first-order valence-electron chi connectivity index (χ1n) is 8.72. The number of hydrogen-bond acceptors (Lipinski definition) is 3. The second-order valence-corrected chi connectivity index (χ2v) is 8.97. The third-order valence-electron chi connectivity index (χ3n) is 4.93. The highest BCUT2D eigenvalue weighted by molar-refractivity contribution is 9.10. The number of carbonyl (C=O) groups excluding carboxylic acids is 1. The first-order valence-corrected chi connectivity index (χ1v) is 9.52. The second kappa shape index (κ2) is 6.67. The van der Waals surface area contributed by atoms with Crippen molar-refractivity contribution in [1.82, 2.24) is 4.90 Å². The number of benzene rings is 1. The molecule has 1 saturated heterocycles. The monoisotopic (exact) mass is 407 g/mol. The molecule has 1 fully saturated rings. The first-order chi connectivity index (χ1) is 11.7. The highest BCUT2D eigenvalue weighted by Crippen LogP contribution is 2.46. The summed E-state index contributed by atoms with van der Waals surface area (Å²) in [6, 6.07) is 6.25. The lowest BCUT2D eigenvalue weighted by molar-refractivity contribution is -0.0371. The summed E-state index contributed by atoms with van der Waals surface area (Å²) in [5.41, 5.74) is 2.39. The topological polar surface area (TPSA) is 38.8 Å². The van der Waals surface area contributed by atoms with Crippen molar-refractivity contribution in [3.8, 4) is 5.75 Å². The van der Waals surface area contributed by atoms with E-state index in [-0.39, 0.29) is 11.5 Å². The molecule has 3 rings (SSSR count). The molecule has 1 amide bonds. The standard InChI is InChI=1S/C20H26BrNO3/c1-19(2,3)25-18(23)22-12-20(13-22)9-7-14(8-10-20)15-5-6-16(21)17(11-15)24-4/h5-7,11H,8-10,12-13H2,1-4H3. The van der Waals surface area contributed by atoms with Gasteiger partial charge in [-0.3, -0.25) is 0 Å². The molecule has 4 nitrogen and oxygen atoms in total. The van der Waals surface area contributed by atoms with Gasteiger partial charge in [0.25, 0.3) is 0 Å². The summed E-state index contributed by atoms with van der Waals surface area (Å²) < 4.78 is 11.8. The van der Waals surface area contributed by atoms with Gasteiger partial charge in [0.15, 0.2) is 0 Å². The molecule has 1 aliphatic heterocycles. The lowest BCUT2D eigenvalue weighted by Gasteiger charge is -2.51. The fraction of sp³-hybridized carbons (Fsp3) is 0.550. The highest BCUT2D eigenvalue weighted by Gasteiger charge is 2.46. The van der Waals surface area contributed by atoms with E-state index in [1.54, 1.807) is 7.11 Å². The van der Waals surface area contributed by atoms with Crippen molar-refractivity contribution in [2.24, 2.45) is 5.41 Å². The number of methoxy groups -OCH3 is 1. The van der Waals surface area contributed by atoms with Crippen LogP contribution in [0.25, 0.3) is 5.57 Å². The number of hydrogen-bond donors (Lipinski definition) is 0. The number of halogens is 1. The molecule has 1 spiro atoms. The second-order valence-electron chi connectivity index (χ2n) is 8.12. The van der Waals surface area contributed by atoms with Crippen LogP contribution in [0, 0.1) is 5.41 Å². The molecular weight excluding hydrogens is 382 g/mol. The van der Waals surface area contributed by atoms with Crippen LogP contribution in [0.3, 0.4) is 0 Å². The number of amides is 1. The zero-order valence-electron chi connectivity index (χ0n) is 15.4. The molecule has 0 radical (unpaired) electrons. The van der Waals surface area contributed by atoms with Gasteiger partial charge in [-0.1, -0.05) is 12.1 Å². The van der Waals surface area contributed by atoms with Gasteiger partial charge in [0, 0.05) is 18.5 Å². The minimum Gasteiger partial charge on any atom is -0.496 e. The summed E-state index contributed by atoms with van der Waals surface area (Å²) in [4.78, 5) is 14.0. The van der Waals surface area contributed by atoms with Crippen LogP contribution < -0.4 is 4.74 Å². The zero-order chi connectivity index (χ0) is 18.2. The number of nitrogens with zero attached hydrogens (tertiary/aromatic N) is 1. The van der Waals surface area contributed by atoms with Crippen LogP contribution in [0.1, 0.15) is 45.6 Å². The van der Waals surface area contributed by atoms with Gasteiger partial charge < -0.3 is 14.4 Å². The number of rotatable bonds is 2. The van der Waals surface area contributed by atoms with E-state index in [9.17, 15) is 4.79 Å². The Kier molecular flexibility index (Phi) is 4.89. The average Bonchev–Trinajstić information content (AvgIpc) is 2.51. The number of allylic oxidation sites excluding steroid dienone is 2. The number of carbonyl (C=O) groups is 1. The van der Waals surface area contributed by atoms with Crippen LogP contribution in [0.5, 0.6) is 5.75 Å². The number of ether oxygens (including phenoxy) is 2. The Morgan fingerprint density at radius 1 is 1.28 bits per heavy atom. The lowest BCUT2D eigenvalue weighted by Crippen LogP contribution is -2.59. The molecule has 0 saturated carbocycles. The maximum Gasteiger partial charge on any atom is 0.410 e. The molecule has 0 aromatic heterocycles. The molecule has 1 aromatic rings. The zero-order valence-corrected chi connectivity index (χ0v) is 17.0. The van der Waals surface area contributed by atoms with E-state index in [1.165, 1.54) is 11.1 Å². The van der Waals surface area contributed by atoms with Gasteiger partial charge in [0.2, 0.25) is 0 Å². The van der Waals surface area contributed by atoms with Crippen molar-refractivity contribution in [3.63, 3.8) is 0 Å². The summed E-state index contributed by atoms with van der Waals surface area (Å²) in [6.07, 6.45) is 5.30. The van der Waals surface area contributed by atoms with Gasteiger partial charge in [-0.2, -0.15) is 0 Å². The Bertz CT molecular complexity index is 699. The minimum atomic E-state index is -0.430. The average molecular weight is 408 g/mol. The van der Waals surface area contributed by atoms with E-state index in [0.717, 1.165) is 42.6 Å². The van der Waals surface area contributed by atoms with Crippen molar-refractivity contribution in [2.45, 2.75) is 45.6 Å². The smallest absolute Gasteiger partial charge is 0.410 e. The Labute approximate surface area is 158 Å². The molecule has 0 atom stereocenters. The normalized spacial score (nSPS) is 19.2. The molecule has 0 N–H and O–H groups in total. The van der Waals surface area contributed by atoms with Crippen molar-refractivity contribution in [2.75, 3.05) is 20.2 Å². The van der Waals surface area contributed by atoms with Crippen molar-refractivity contribution in [3.05, 3.63) is 34.3 Å². The van der Waals surface area contributed by atoms with E-state index in [1.807, 2.05) is 31.7 Å². The third-order valence-corrected chi connectivity index (χ3v) is 5.59. The lowest BCUT2D eigenvalue weighted by atomic mass is 9.69. The summed E-state index contributed by atoms with van der Waals surface area (Å²) in [5.74, 6) is 0.860. The first kappa shape index (κ1) is 18.3. The van der Waals surface area contributed by atoms with E-state index >= 15 is 0 Å². The van der Waals surface area contributed by atoms with E-state index in [4.69, 9.17) is 9.47 Å². The van der Waals surface area contributed by atoms with Crippen LogP contribution in [0.4, 0.5) is 4.79 Å². The van der Waals surface area contributed by atoms with Gasteiger partial charge >= 0.3 is 6.09 Å². The van der Waals surface area contributed by atoms with Gasteiger partial charge in [-0.15, -0.1) is 0 Å². The van der Waals surface area contributed by atoms with Gasteiger partial charge in [0.05, 0.1) is 11.6 Å². The molecule has 2 aliphatic rings. The SMILES string of the molecule is COc1cc(C2=CCC3(CC2)CN(C(=O)OC(C)(C)C)C3)ccc1Br. The Hall–Kier alpha value is -1.49. The summed E-state index contributed by atoms with van der Waals surface area (Å²) in [7, 11) is 1.69. The largest absolute Gasteiger partial charge is 0.496 e. The molecule has 1 heterocycles. The van der Waals surface area contributed by atoms with Gasteiger partial charge in [-0.25, -0.2) is 4.79 Å². The molecule has 5 heteroatoms. The molecule has 0 unspecified atom stereocenters. The molecule has 1 aliphatic carbocycles. The van der Waals surface area contributed by atoms with Crippen molar-refractivity contribution < 1.29 is 14.3 Å². The highest BCUT2D eigenvalue weighted by atomic mass is 79.9. The van der Waals surface area contributed by atoms with E-state index < -0.39 is 5.60 Å². The van der Waals surface area contributed by atoms with Gasteiger partial charge in [-0.05, 0) is 79.2 Å². The third kappa shape index (κ3) is 4.02. The summed E-state index contributed by atoms with van der Waals surface area (Å²) in [5, 5.41) is 0. The fourth-order valence-electron chi connectivity index (χ4n) is 3.57. The van der Waals surface area contributed by atoms with Crippen LogP contribution >= 0.6 is 15.9 Å². The summed E-state index contributed by atoms with van der Waals surface area (Å²) in [6.45, 7) is 7.32. The number of likely N-dealkylation sites (tertiary alicyclic amines) is 1. The summed E-state index contributed by atoms with van der Waals surface area (Å²) >= 11 is 3.50. The predicted octanol–water partition coefficient (Wildman–Crippen LogP) is 5.26. The molecule has 0 bridgehead atoms. The molecule has 136 valence electrons. The van der Waals surface area contributed by atoms with Crippen LogP contribution in [-0.4, -0.2) is 36.8 Å². The van der Waals surface area contributed by atoms with Crippen LogP contribution in [0.2, 0.25) is 0 Å². The fourth-order valence-corrected chi connectivity index (χ4v) is 3.98. The van der Waals surface area contributed by atoms with Crippen LogP contribution in [0.15, 0.2) is 28.7 Å². The van der Waals surface area contributed by atoms with Gasteiger partial charge in [0.1, 0.15) is 11.4 Å². The van der Waals surface area contributed by atoms with Crippen LogP contribution in [-0.2, 0) is 4.74 Å². The van der Waals surface area contributed by atoms with E-state index in [2.05, 4.69) is 34.1 Å². The molecule has 25 heavy (non-hydrogen) atoms. The van der Waals surface area contributed by atoms with Crippen molar-refractivity contribution in [1.29, 1.82) is 0 Å².